The fraction of sp³-hybridized carbons (Fsp3) is 0.0714. The van der Waals surface area contributed by atoms with Gasteiger partial charge in [-0.3, -0.25) is 0 Å². The lowest BCUT2D eigenvalue weighted by atomic mass is 9.87. The van der Waals surface area contributed by atoms with Crippen LogP contribution in [0.1, 0.15) is 18.1 Å². The third-order valence-corrected chi connectivity index (χ3v) is 2.87. The van der Waals surface area contributed by atoms with E-state index in [2.05, 4.69) is 55.5 Å². The van der Waals surface area contributed by atoms with E-state index in [0.717, 1.165) is 0 Å². The van der Waals surface area contributed by atoms with Gasteiger partial charge in [-0.05, 0) is 21.9 Å². The van der Waals surface area contributed by atoms with Gasteiger partial charge < -0.3 is 0 Å². The molecule has 67 valence electrons. The third-order valence-electron chi connectivity index (χ3n) is 2.87. The standard InChI is InChI=1S/C14H11/c1-10-8-9-12-5-2-4-11-6-3-7-13(10)14(11)12/h2-9H,1H3. The van der Waals surface area contributed by atoms with Gasteiger partial charge in [-0.1, -0.05) is 55.5 Å². The molecular weight excluding hydrogens is 168 g/mol. The molecule has 14 heavy (non-hydrogen) atoms. The molecule has 0 aliphatic heterocycles. The van der Waals surface area contributed by atoms with Gasteiger partial charge in [0.2, 0.25) is 0 Å². The molecule has 1 aliphatic carbocycles. The van der Waals surface area contributed by atoms with Crippen molar-refractivity contribution >= 4 is 16.8 Å². The quantitative estimate of drug-likeness (QED) is 0.577. The van der Waals surface area contributed by atoms with E-state index in [1.54, 1.807) is 0 Å². The van der Waals surface area contributed by atoms with Crippen LogP contribution in [0.5, 0.6) is 0 Å². The molecule has 0 fully saturated rings. The predicted octanol–water partition coefficient (Wildman–Crippen LogP) is 3.81. The molecule has 0 amide bonds. The van der Waals surface area contributed by atoms with Gasteiger partial charge in [0.15, 0.2) is 0 Å². The Morgan fingerprint density at radius 3 is 2.50 bits per heavy atom. The van der Waals surface area contributed by atoms with E-state index in [-0.39, 0.29) is 0 Å². The molecule has 0 heterocycles. The second kappa shape index (κ2) is 2.71. The predicted molar refractivity (Wildman–Crippen MR) is 61.0 cm³/mol. The van der Waals surface area contributed by atoms with Crippen molar-refractivity contribution in [2.45, 2.75) is 6.92 Å². The van der Waals surface area contributed by atoms with Gasteiger partial charge in [-0.15, -0.1) is 0 Å². The zero-order chi connectivity index (χ0) is 9.54. The normalized spacial score (nSPS) is 14.9. The maximum absolute atomic E-state index is 2.20. The van der Waals surface area contributed by atoms with Gasteiger partial charge in [-0.25, -0.2) is 0 Å². The molecule has 0 saturated carbocycles. The Bertz CT molecular complexity index is 515. The molecule has 2 aromatic rings. The highest BCUT2D eigenvalue weighted by atomic mass is 14.2. The lowest BCUT2D eigenvalue weighted by Crippen LogP contribution is -1.97. The Balaban J connectivity index is 2.52. The third kappa shape index (κ3) is 0.941. The lowest BCUT2D eigenvalue weighted by Gasteiger charge is -2.16. The zero-order valence-electron chi connectivity index (χ0n) is 8.12. The Morgan fingerprint density at radius 2 is 1.64 bits per heavy atom. The summed E-state index contributed by atoms with van der Waals surface area (Å²) in [7, 11) is 0. The van der Waals surface area contributed by atoms with Crippen LogP contribution in [0.3, 0.4) is 0 Å². The average molecular weight is 179 g/mol. The van der Waals surface area contributed by atoms with E-state index in [9.17, 15) is 0 Å². The molecule has 1 radical (unpaired) electrons. The molecule has 0 nitrogen and oxygen atoms in total. The first kappa shape index (κ1) is 7.81. The van der Waals surface area contributed by atoms with Crippen LogP contribution in [-0.2, 0) is 0 Å². The van der Waals surface area contributed by atoms with Gasteiger partial charge >= 0.3 is 0 Å². The fourth-order valence-corrected chi connectivity index (χ4v) is 2.14. The van der Waals surface area contributed by atoms with Crippen LogP contribution in [0, 0.1) is 5.92 Å². The van der Waals surface area contributed by atoms with E-state index in [1.165, 1.54) is 27.8 Å². The van der Waals surface area contributed by atoms with Crippen molar-refractivity contribution in [1.82, 2.24) is 0 Å². The summed E-state index contributed by atoms with van der Waals surface area (Å²) >= 11 is 0. The van der Waals surface area contributed by atoms with Crippen LogP contribution < -0.4 is 0 Å². The Hall–Kier alpha value is -1.56. The summed E-state index contributed by atoms with van der Waals surface area (Å²) in [6.45, 7) is 2.17. The first-order valence-corrected chi connectivity index (χ1v) is 4.90. The van der Waals surface area contributed by atoms with E-state index < -0.39 is 0 Å². The molecule has 3 rings (SSSR count). The maximum Gasteiger partial charge on any atom is 0.0242 e. The monoisotopic (exact) mass is 179 g/mol. The number of rotatable bonds is 0. The van der Waals surface area contributed by atoms with Crippen molar-refractivity contribution in [1.29, 1.82) is 0 Å². The molecule has 0 aromatic heterocycles. The van der Waals surface area contributed by atoms with Crippen molar-refractivity contribution in [3.05, 3.63) is 59.5 Å². The average Bonchev–Trinajstić information content (AvgIpc) is 2.24. The van der Waals surface area contributed by atoms with Crippen molar-refractivity contribution in [3.8, 4) is 0 Å². The summed E-state index contributed by atoms with van der Waals surface area (Å²) in [6, 6.07) is 13.0. The minimum Gasteiger partial charge on any atom is -0.0724 e. The molecule has 0 unspecified atom stereocenters. The van der Waals surface area contributed by atoms with Gasteiger partial charge in [-0.2, -0.15) is 0 Å². The minimum atomic E-state index is 1.34. The summed E-state index contributed by atoms with van der Waals surface area (Å²) in [5.41, 5.74) is 2.71. The largest absolute Gasteiger partial charge is 0.0724 e. The number of allylic oxidation sites excluding steroid dienone is 1. The second-order valence-corrected chi connectivity index (χ2v) is 3.77. The Morgan fingerprint density at radius 1 is 0.857 bits per heavy atom. The molecule has 0 N–H and O–H groups in total. The first-order chi connectivity index (χ1) is 6.86. The molecular formula is C14H11. The smallest absolute Gasteiger partial charge is 0.0242 e. The van der Waals surface area contributed by atoms with Crippen LogP contribution in [0.4, 0.5) is 0 Å². The summed E-state index contributed by atoms with van der Waals surface area (Å²) in [6.07, 6.45) is 4.39. The van der Waals surface area contributed by atoms with Crippen LogP contribution in [0.15, 0.2) is 42.5 Å². The van der Waals surface area contributed by atoms with Crippen molar-refractivity contribution in [2.75, 3.05) is 0 Å². The number of hydrogen-bond acceptors (Lipinski definition) is 0. The summed E-state index contributed by atoms with van der Waals surface area (Å²) in [4.78, 5) is 0. The highest BCUT2D eigenvalue weighted by Gasteiger charge is 2.13. The molecule has 0 bridgehead atoms. The number of benzene rings is 2. The fourth-order valence-electron chi connectivity index (χ4n) is 2.14. The molecule has 0 saturated heterocycles. The van der Waals surface area contributed by atoms with Gasteiger partial charge in [0.25, 0.3) is 0 Å². The zero-order valence-corrected chi connectivity index (χ0v) is 8.12. The highest BCUT2D eigenvalue weighted by molar-refractivity contribution is 5.97. The first-order valence-electron chi connectivity index (χ1n) is 4.90. The van der Waals surface area contributed by atoms with Crippen LogP contribution in [-0.4, -0.2) is 0 Å². The summed E-state index contributed by atoms with van der Waals surface area (Å²) in [5, 5.41) is 2.73. The van der Waals surface area contributed by atoms with Gasteiger partial charge in [0, 0.05) is 5.92 Å². The molecule has 2 aromatic carbocycles. The van der Waals surface area contributed by atoms with Crippen molar-refractivity contribution < 1.29 is 0 Å². The minimum absolute atomic E-state index is 1.34. The van der Waals surface area contributed by atoms with Crippen molar-refractivity contribution in [3.63, 3.8) is 0 Å². The Kier molecular flexibility index (Phi) is 1.51. The van der Waals surface area contributed by atoms with Crippen LogP contribution >= 0.6 is 0 Å². The lowest BCUT2D eigenvalue weighted by molar-refractivity contribution is 1.27. The van der Waals surface area contributed by atoms with E-state index in [0.29, 0.717) is 0 Å². The van der Waals surface area contributed by atoms with E-state index >= 15 is 0 Å². The summed E-state index contributed by atoms with van der Waals surface area (Å²) < 4.78 is 0. The van der Waals surface area contributed by atoms with E-state index in [1.807, 2.05) is 0 Å². The molecule has 0 spiro atoms. The molecule has 1 aliphatic rings. The second-order valence-electron chi connectivity index (χ2n) is 3.77. The SMILES string of the molecule is C[C]1C=Cc2cccc3cccc1c23. The van der Waals surface area contributed by atoms with Crippen LogP contribution in [0.25, 0.3) is 16.8 Å². The maximum atomic E-state index is 2.20. The number of hydrogen-bond donors (Lipinski definition) is 0. The topological polar surface area (TPSA) is 0 Å². The molecule has 0 atom stereocenters. The van der Waals surface area contributed by atoms with E-state index in [4.69, 9.17) is 0 Å². The van der Waals surface area contributed by atoms with Crippen LogP contribution in [0.2, 0.25) is 0 Å². The van der Waals surface area contributed by atoms with Gasteiger partial charge in [0.1, 0.15) is 0 Å². The Labute approximate surface area is 83.9 Å². The summed E-state index contributed by atoms with van der Waals surface area (Å²) in [5.74, 6) is 1.36. The van der Waals surface area contributed by atoms with Gasteiger partial charge in [0.05, 0.1) is 0 Å². The molecule has 0 heteroatoms. The van der Waals surface area contributed by atoms with Crippen molar-refractivity contribution in [2.24, 2.45) is 0 Å². The highest BCUT2D eigenvalue weighted by Crippen LogP contribution is 2.33.